The van der Waals surface area contributed by atoms with Crippen LogP contribution >= 0.6 is 0 Å². The lowest BCUT2D eigenvalue weighted by Crippen LogP contribution is -2.44. The number of rotatable bonds is 2. The van der Waals surface area contributed by atoms with Gasteiger partial charge in [0.2, 0.25) is 0 Å². The molecule has 0 aromatic heterocycles. The topological polar surface area (TPSA) is 38.8 Å². The highest BCUT2D eigenvalue weighted by Gasteiger charge is 2.51. The zero-order valence-corrected chi connectivity index (χ0v) is 11.4. The molecule has 102 valence electrons. The molecule has 0 saturated heterocycles. The summed E-state index contributed by atoms with van der Waals surface area (Å²) in [5.41, 5.74) is 1.54. The molecule has 3 rings (SSSR count). The predicted molar refractivity (Wildman–Crippen MR) is 70.9 cm³/mol. The maximum Gasteiger partial charge on any atom is 0.278 e. The molecule has 0 unspecified atom stereocenters. The molecule has 1 aromatic carbocycles. The first-order valence-electron chi connectivity index (χ1n) is 6.80. The van der Waals surface area contributed by atoms with Crippen LogP contribution in [0.25, 0.3) is 0 Å². The fourth-order valence-electron chi connectivity index (χ4n) is 3.50. The molecular formula is C15H19NO3. The van der Waals surface area contributed by atoms with Gasteiger partial charge in [-0.2, -0.15) is 0 Å². The number of amides is 1. The fourth-order valence-corrected chi connectivity index (χ4v) is 3.50. The summed E-state index contributed by atoms with van der Waals surface area (Å²) in [5, 5.41) is 1.58. The summed E-state index contributed by atoms with van der Waals surface area (Å²) in [6.07, 6.45) is 5.42. The van der Waals surface area contributed by atoms with Gasteiger partial charge >= 0.3 is 0 Å². The number of nitrogens with zero attached hydrogens (tertiary/aromatic N) is 1. The van der Waals surface area contributed by atoms with Gasteiger partial charge in [-0.1, -0.05) is 19.3 Å². The Bertz CT molecular complexity index is 506. The van der Waals surface area contributed by atoms with Gasteiger partial charge in [-0.15, -0.1) is 0 Å². The number of hydroxylamine groups is 2. The molecule has 1 spiro atoms. The van der Waals surface area contributed by atoms with Crippen molar-refractivity contribution in [2.45, 2.75) is 37.6 Å². The summed E-state index contributed by atoms with van der Waals surface area (Å²) in [6, 6.07) is 5.69. The van der Waals surface area contributed by atoms with Gasteiger partial charge in [0.15, 0.2) is 0 Å². The highest BCUT2D eigenvalue weighted by molar-refractivity contribution is 5.99. The molecule has 1 fully saturated rings. The first kappa shape index (κ1) is 12.5. The number of fused-ring (bicyclic) bond motifs is 2. The Morgan fingerprint density at radius 1 is 1.16 bits per heavy atom. The molecule has 1 saturated carbocycles. The van der Waals surface area contributed by atoms with E-state index in [4.69, 9.17) is 9.57 Å². The van der Waals surface area contributed by atoms with Gasteiger partial charge in [-0.05, 0) is 36.6 Å². The molecule has 1 aliphatic carbocycles. The molecule has 0 bridgehead atoms. The maximum atomic E-state index is 12.5. The number of carbonyl (C=O) groups excluding carboxylic acids is 1. The van der Waals surface area contributed by atoms with Crippen molar-refractivity contribution < 1.29 is 14.4 Å². The van der Waals surface area contributed by atoms with Gasteiger partial charge in [0.25, 0.3) is 5.91 Å². The van der Waals surface area contributed by atoms with Crippen LogP contribution < -0.4 is 4.74 Å². The van der Waals surface area contributed by atoms with Gasteiger partial charge in [0.05, 0.1) is 19.8 Å². The van der Waals surface area contributed by atoms with Crippen LogP contribution in [0.5, 0.6) is 5.75 Å². The quantitative estimate of drug-likeness (QED) is 0.821. The molecule has 1 aromatic rings. The number of methoxy groups -OCH3 is 1. The lowest BCUT2D eigenvalue weighted by molar-refractivity contribution is -0.169. The summed E-state index contributed by atoms with van der Waals surface area (Å²) >= 11 is 0. The maximum absolute atomic E-state index is 12.5. The van der Waals surface area contributed by atoms with E-state index in [1.165, 1.54) is 6.42 Å². The molecular weight excluding hydrogens is 242 g/mol. The number of ether oxygens (including phenoxy) is 1. The van der Waals surface area contributed by atoms with Crippen LogP contribution in [0.4, 0.5) is 0 Å². The summed E-state index contributed by atoms with van der Waals surface area (Å²) in [7, 11) is 3.23. The van der Waals surface area contributed by atoms with Crippen molar-refractivity contribution in [2.24, 2.45) is 0 Å². The minimum atomic E-state index is -0.284. The molecule has 4 nitrogen and oxygen atoms in total. The van der Waals surface area contributed by atoms with Crippen LogP contribution in [0.3, 0.4) is 0 Å². The summed E-state index contributed by atoms with van der Waals surface area (Å²) in [5.74, 6) is 0.775. The van der Waals surface area contributed by atoms with Gasteiger partial charge in [-0.3, -0.25) is 9.63 Å². The van der Waals surface area contributed by atoms with Crippen molar-refractivity contribution in [1.29, 1.82) is 0 Å². The Kier molecular flexibility index (Phi) is 2.97. The van der Waals surface area contributed by atoms with Gasteiger partial charge in [0, 0.05) is 5.56 Å². The second kappa shape index (κ2) is 4.53. The van der Waals surface area contributed by atoms with Crippen molar-refractivity contribution in [3.63, 3.8) is 0 Å². The second-order valence-corrected chi connectivity index (χ2v) is 5.29. The third kappa shape index (κ3) is 1.66. The van der Waals surface area contributed by atoms with Crippen LogP contribution in [0.1, 0.15) is 48.0 Å². The largest absolute Gasteiger partial charge is 0.497 e. The lowest BCUT2D eigenvalue weighted by atomic mass is 9.77. The first-order valence-corrected chi connectivity index (χ1v) is 6.80. The van der Waals surface area contributed by atoms with E-state index in [0.29, 0.717) is 0 Å². The SMILES string of the molecule is COc1ccc2c(c1)C1(CCCCC1)N(OC)C2=O. The Labute approximate surface area is 113 Å². The smallest absolute Gasteiger partial charge is 0.278 e. The number of benzene rings is 1. The second-order valence-electron chi connectivity index (χ2n) is 5.29. The van der Waals surface area contributed by atoms with E-state index in [0.717, 1.165) is 42.6 Å². The van der Waals surface area contributed by atoms with E-state index in [1.807, 2.05) is 18.2 Å². The van der Waals surface area contributed by atoms with Crippen molar-refractivity contribution >= 4 is 5.91 Å². The first-order chi connectivity index (χ1) is 9.23. The average molecular weight is 261 g/mol. The normalized spacial score (nSPS) is 20.7. The number of hydrogen-bond acceptors (Lipinski definition) is 3. The minimum Gasteiger partial charge on any atom is -0.497 e. The molecule has 0 atom stereocenters. The molecule has 0 N–H and O–H groups in total. The van der Waals surface area contributed by atoms with E-state index >= 15 is 0 Å². The third-order valence-corrected chi connectivity index (χ3v) is 4.39. The molecule has 0 radical (unpaired) electrons. The van der Waals surface area contributed by atoms with E-state index in [2.05, 4.69) is 0 Å². The zero-order chi connectivity index (χ0) is 13.5. The van der Waals surface area contributed by atoms with E-state index in [1.54, 1.807) is 19.3 Å². The van der Waals surface area contributed by atoms with Crippen LogP contribution in [-0.2, 0) is 10.4 Å². The van der Waals surface area contributed by atoms with Crippen LogP contribution in [0.15, 0.2) is 18.2 Å². The van der Waals surface area contributed by atoms with Crippen LogP contribution in [-0.4, -0.2) is 25.2 Å². The van der Waals surface area contributed by atoms with Crippen LogP contribution in [0, 0.1) is 0 Å². The van der Waals surface area contributed by atoms with Crippen molar-refractivity contribution in [1.82, 2.24) is 5.06 Å². The zero-order valence-electron chi connectivity index (χ0n) is 11.4. The Morgan fingerprint density at radius 2 is 1.89 bits per heavy atom. The monoisotopic (exact) mass is 261 g/mol. The Morgan fingerprint density at radius 3 is 2.53 bits per heavy atom. The Hall–Kier alpha value is -1.55. The summed E-state index contributed by atoms with van der Waals surface area (Å²) < 4.78 is 5.31. The number of carbonyl (C=O) groups is 1. The van der Waals surface area contributed by atoms with Crippen molar-refractivity contribution in [3.05, 3.63) is 29.3 Å². The van der Waals surface area contributed by atoms with Gasteiger partial charge < -0.3 is 4.74 Å². The average Bonchev–Trinajstić information content (AvgIpc) is 2.68. The van der Waals surface area contributed by atoms with E-state index in [-0.39, 0.29) is 11.4 Å². The third-order valence-electron chi connectivity index (χ3n) is 4.39. The molecule has 1 aliphatic heterocycles. The summed E-state index contributed by atoms with van der Waals surface area (Å²) in [4.78, 5) is 17.9. The minimum absolute atomic E-state index is 0.0259. The van der Waals surface area contributed by atoms with Gasteiger partial charge in [-0.25, -0.2) is 5.06 Å². The fraction of sp³-hybridized carbons (Fsp3) is 0.533. The van der Waals surface area contributed by atoms with Gasteiger partial charge in [0.1, 0.15) is 5.75 Å². The molecule has 19 heavy (non-hydrogen) atoms. The van der Waals surface area contributed by atoms with E-state index in [9.17, 15) is 4.79 Å². The Balaban J connectivity index is 2.15. The highest BCUT2D eigenvalue weighted by atomic mass is 16.7. The van der Waals surface area contributed by atoms with E-state index < -0.39 is 0 Å². The molecule has 1 heterocycles. The van der Waals surface area contributed by atoms with Crippen molar-refractivity contribution in [3.8, 4) is 5.75 Å². The van der Waals surface area contributed by atoms with Crippen molar-refractivity contribution in [2.75, 3.05) is 14.2 Å². The lowest BCUT2D eigenvalue weighted by Gasteiger charge is -2.40. The number of hydrogen-bond donors (Lipinski definition) is 0. The predicted octanol–water partition coefficient (Wildman–Crippen LogP) is 2.87. The highest BCUT2D eigenvalue weighted by Crippen LogP contribution is 2.49. The summed E-state index contributed by atoms with van der Waals surface area (Å²) in [6.45, 7) is 0. The standard InChI is InChI=1S/C15H19NO3/c1-18-11-6-7-12-13(10-11)15(8-4-3-5-9-15)16(19-2)14(12)17/h6-7,10H,3-5,8-9H2,1-2H3. The molecule has 4 heteroatoms. The van der Waals surface area contributed by atoms with Crippen LogP contribution in [0.2, 0.25) is 0 Å². The molecule has 1 amide bonds. The molecule has 2 aliphatic rings.